The third-order valence-corrected chi connectivity index (χ3v) is 13.9. The zero-order valence-corrected chi connectivity index (χ0v) is 22.6. The Bertz CT molecular complexity index is 838. The second-order valence-corrected chi connectivity index (χ2v) is 14.9. The van der Waals surface area contributed by atoms with E-state index in [1.165, 1.54) is 19.3 Å². The van der Waals surface area contributed by atoms with Crippen LogP contribution in [0.25, 0.3) is 0 Å². The molecule has 0 amide bonds. The maximum absolute atomic E-state index is 12.8. The van der Waals surface area contributed by atoms with Crippen LogP contribution in [-0.4, -0.2) is 34.0 Å². The minimum absolute atomic E-state index is 0.0375. The Morgan fingerprint density at radius 1 is 0.853 bits per heavy atom. The Kier molecular flexibility index (Phi) is 5.67. The lowest BCUT2D eigenvalue weighted by Crippen LogP contribution is -2.67. The summed E-state index contributed by atoms with van der Waals surface area (Å²) in [4.78, 5) is 12.8. The molecule has 0 aromatic rings. The van der Waals surface area contributed by atoms with Crippen LogP contribution in [0.4, 0.5) is 0 Å². The molecule has 0 spiro atoms. The van der Waals surface area contributed by atoms with Gasteiger partial charge < -0.3 is 15.3 Å². The Morgan fingerprint density at radius 2 is 1.56 bits per heavy atom. The van der Waals surface area contributed by atoms with Gasteiger partial charge in [0.1, 0.15) is 0 Å². The first kappa shape index (κ1) is 25.1. The van der Waals surface area contributed by atoms with Crippen LogP contribution in [0.3, 0.4) is 0 Å². The van der Waals surface area contributed by atoms with Crippen LogP contribution in [0.15, 0.2) is 0 Å². The largest absolute Gasteiger partial charge is 0.481 e. The Balaban J connectivity index is 1.55. The van der Waals surface area contributed by atoms with Gasteiger partial charge in [-0.3, -0.25) is 4.79 Å². The molecule has 4 nitrogen and oxygen atoms in total. The normalized spacial score (nSPS) is 54.8. The third-order valence-electron chi connectivity index (χ3n) is 13.9. The average molecular weight is 475 g/mol. The molecule has 0 radical (unpaired) electrons. The average Bonchev–Trinajstić information content (AvgIpc) is 3.18. The van der Waals surface area contributed by atoms with Crippen molar-refractivity contribution in [3.8, 4) is 0 Å². The number of aliphatic hydroxyl groups is 2. The van der Waals surface area contributed by atoms with Gasteiger partial charge in [0.05, 0.1) is 11.5 Å². The summed E-state index contributed by atoms with van der Waals surface area (Å²) in [5, 5.41) is 31.5. The monoisotopic (exact) mass is 474 g/mol. The Labute approximate surface area is 207 Å². The van der Waals surface area contributed by atoms with Crippen molar-refractivity contribution in [3.05, 3.63) is 0 Å². The summed E-state index contributed by atoms with van der Waals surface area (Å²) in [6.07, 6.45) is 10.1. The molecule has 0 heterocycles. The number of aliphatic carboxylic acids is 1. The number of carboxylic acids is 1. The minimum atomic E-state index is -0.584. The van der Waals surface area contributed by atoms with E-state index in [0.717, 1.165) is 44.9 Å². The summed E-state index contributed by atoms with van der Waals surface area (Å²) in [5.74, 6) is 1.74. The number of rotatable bonds is 3. The topological polar surface area (TPSA) is 77.8 Å². The van der Waals surface area contributed by atoms with Gasteiger partial charge in [-0.25, -0.2) is 0 Å². The van der Waals surface area contributed by atoms with Crippen LogP contribution < -0.4 is 0 Å². The molecule has 34 heavy (non-hydrogen) atoms. The second kappa shape index (κ2) is 7.70. The van der Waals surface area contributed by atoms with E-state index in [0.29, 0.717) is 23.7 Å². The number of carboxylic acid groups (broad SMARTS) is 1. The molecular weight excluding hydrogens is 424 g/mol. The van der Waals surface area contributed by atoms with Crippen molar-refractivity contribution in [1.29, 1.82) is 0 Å². The van der Waals surface area contributed by atoms with Gasteiger partial charge in [-0.1, -0.05) is 41.5 Å². The van der Waals surface area contributed by atoms with Crippen LogP contribution in [0.1, 0.15) is 106 Å². The molecule has 0 aromatic carbocycles. The van der Waals surface area contributed by atoms with Crippen molar-refractivity contribution >= 4 is 5.97 Å². The van der Waals surface area contributed by atoms with E-state index in [9.17, 15) is 20.1 Å². The van der Waals surface area contributed by atoms with Crippen molar-refractivity contribution in [3.63, 3.8) is 0 Å². The van der Waals surface area contributed by atoms with Crippen LogP contribution in [0, 0.1) is 62.6 Å². The number of hydrogen-bond acceptors (Lipinski definition) is 3. The molecule has 5 aliphatic rings. The van der Waals surface area contributed by atoms with Gasteiger partial charge >= 0.3 is 5.97 Å². The lowest BCUT2D eigenvalue weighted by Gasteiger charge is -2.72. The standard InChI is InChI=1S/C30H50O4/c1-18(17-31)19-9-14-30(25(33)34)16-15-28(5)20(24(19)30)7-8-22-27(4)12-11-23(32)26(2,3)21(27)10-13-29(22,28)6/h18-24,31-32H,7-17H2,1-6H3,(H,33,34)/t18?,19-,20+,21-,22+,23-,24+,27-,28+,29+,30?/m0/s1. The van der Waals surface area contributed by atoms with E-state index in [2.05, 4.69) is 41.5 Å². The van der Waals surface area contributed by atoms with Crippen molar-refractivity contribution in [1.82, 2.24) is 0 Å². The minimum Gasteiger partial charge on any atom is -0.481 e. The smallest absolute Gasteiger partial charge is 0.309 e. The molecule has 0 aromatic heterocycles. The highest BCUT2D eigenvalue weighted by atomic mass is 16.4. The maximum atomic E-state index is 12.8. The van der Waals surface area contributed by atoms with Crippen molar-refractivity contribution < 1.29 is 20.1 Å². The number of fused-ring (bicyclic) bond motifs is 7. The zero-order chi connectivity index (χ0) is 24.9. The van der Waals surface area contributed by atoms with Crippen molar-refractivity contribution in [2.45, 2.75) is 112 Å². The van der Waals surface area contributed by atoms with Gasteiger partial charge in [-0.2, -0.15) is 0 Å². The maximum Gasteiger partial charge on any atom is 0.309 e. The Morgan fingerprint density at radius 3 is 2.21 bits per heavy atom. The molecule has 11 atom stereocenters. The van der Waals surface area contributed by atoms with Gasteiger partial charge in [-0.05, 0) is 121 Å². The lowest BCUT2D eigenvalue weighted by molar-refractivity contribution is -0.249. The van der Waals surface area contributed by atoms with E-state index >= 15 is 0 Å². The van der Waals surface area contributed by atoms with Crippen LogP contribution in [0.5, 0.6) is 0 Å². The SMILES string of the molecule is CC(CO)[C@@H]1CCC2(C(=O)O)CC[C@]3(C)[C@H](CC[C@@H]4[C@@]5(C)CC[C@H](O)C(C)(C)[C@@H]5CC[C@]43C)[C@@H]12. The van der Waals surface area contributed by atoms with Gasteiger partial charge in [0.2, 0.25) is 0 Å². The van der Waals surface area contributed by atoms with E-state index in [4.69, 9.17) is 0 Å². The van der Waals surface area contributed by atoms with Gasteiger partial charge in [-0.15, -0.1) is 0 Å². The first-order valence-corrected chi connectivity index (χ1v) is 14.3. The Hall–Kier alpha value is -0.610. The zero-order valence-electron chi connectivity index (χ0n) is 22.6. The molecule has 5 fully saturated rings. The fraction of sp³-hybridized carbons (Fsp3) is 0.967. The number of hydrogen-bond donors (Lipinski definition) is 3. The molecule has 194 valence electrons. The number of aliphatic hydroxyl groups excluding tert-OH is 2. The molecule has 5 aliphatic carbocycles. The molecule has 0 saturated heterocycles. The summed E-state index contributed by atoms with van der Waals surface area (Å²) in [5.41, 5.74) is -0.0203. The first-order chi connectivity index (χ1) is 15.8. The summed E-state index contributed by atoms with van der Waals surface area (Å²) in [7, 11) is 0. The van der Waals surface area contributed by atoms with Gasteiger partial charge in [0.25, 0.3) is 0 Å². The van der Waals surface area contributed by atoms with Crippen molar-refractivity contribution in [2.24, 2.45) is 62.6 Å². The highest BCUT2D eigenvalue weighted by Crippen LogP contribution is 2.77. The highest BCUT2D eigenvalue weighted by molar-refractivity contribution is 5.76. The fourth-order valence-electron chi connectivity index (χ4n) is 11.8. The molecule has 4 heteroatoms. The quantitative estimate of drug-likeness (QED) is 0.459. The predicted octanol–water partition coefficient (Wildman–Crippen LogP) is 6.14. The molecule has 3 N–H and O–H groups in total. The molecular formula is C30H50O4. The summed E-state index contributed by atoms with van der Waals surface area (Å²) >= 11 is 0. The number of carbonyl (C=O) groups is 1. The molecule has 2 unspecified atom stereocenters. The van der Waals surface area contributed by atoms with Crippen molar-refractivity contribution in [2.75, 3.05) is 6.61 Å². The molecule has 0 aliphatic heterocycles. The summed E-state index contributed by atoms with van der Waals surface area (Å²) < 4.78 is 0. The summed E-state index contributed by atoms with van der Waals surface area (Å²) in [6.45, 7) is 14.6. The summed E-state index contributed by atoms with van der Waals surface area (Å²) in [6, 6.07) is 0. The van der Waals surface area contributed by atoms with E-state index in [1.807, 2.05) is 0 Å². The van der Waals surface area contributed by atoms with E-state index < -0.39 is 11.4 Å². The molecule has 0 bridgehead atoms. The predicted molar refractivity (Wildman–Crippen MR) is 134 cm³/mol. The molecule has 5 rings (SSSR count). The van der Waals surface area contributed by atoms with Gasteiger partial charge in [0, 0.05) is 6.61 Å². The van der Waals surface area contributed by atoms with E-state index in [1.54, 1.807) is 0 Å². The first-order valence-electron chi connectivity index (χ1n) is 14.3. The van der Waals surface area contributed by atoms with Crippen LogP contribution in [0.2, 0.25) is 0 Å². The second-order valence-electron chi connectivity index (χ2n) is 14.9. The lowest BCUT2D eigenvalue weighted by atomic mass is 9.32. The van der Waals surface area contributed by atoms with Crippen LogP contribution in [-0.2, 0) is 4.79 Å². The van der Waals surface area contributed by atoms with Gasteiger partial charge in [0.15, 0.2) is 0 Å². The highest BCUT2D eigenvalue weighted by Gasteiger charge is 2.72. The van der Waals surface area contributed by atoms with Crippen LogP contribution >= 0.6 is 0 Å². The fourth-order valence-corrected chi connectivity index (χ4v) is 11.8. The third kappa shape index (κ3) is 2.88. The van der Waals surface area contributed by atoms with E-state index in [-0.39, 0.29) is 46.2 Å². The molecule has 5 saturated carbocycles.